The van der Waals surface area contributed by atoms with Gasteiger partial charge in [0.2, 0.25) is 11.8 Å². The van der Waals surface area contributed by atoms with E-state index in [4.69, 9.17) is 5.73 Å². The summed E-state index contributed by atoms with van der Waals surface area (Å²) in [5, 5.41) is 2.99. The molecule has 2 aliphatic rings. The van der Waals surface area contributed by atoms with Gasteiger partial charge in [0, 0.05) is 12.6 Å². The standard InChI is InChI=1S/C14H25N3O2/c1-3-14(15,4-2)13(19)17-9-5-6-11(17)12(18)16-10-7-8-10/h10-11H,3-9,15H2,1-2H3,(H,16,18). The number of nitrogens with two attached hydrogens (primary N) is 1. The smallest absolute Gasteiger partial charge is 0.243 e. The highest BCUT2D eigenvalue weighted by Crippen LogP contribution is 2.25. The molecule has 0 aromatic carbocycles. The van der Waals surface area contributed by atoms with Gasteiger partial charge < -0.3 is 16.0 Å². The van der Waals surface area contributed by atoms with Crippen molar-refractivity contribution in [3.05, 3.63) is 0 Å². The Labute approximate surface area is 114 Å². The number of likely N-dealkylation sites (tertiary alicyclic amines) is 1. The third-order valence-electron chi connectivity index (χ3n) is 4.43. The molecule has 2 rings (SSSR count). The quantitative estimate of drug-likeness (QED) is 0.772. The Morgan fingerprint density at radius 3 is 2.42 bits per heavy atom. The lowest BCUT2D eigenvalue weighted by molar-refractivity contribution is -0.143. The molecule has 1 heterocycles. The van der Waals surface area contributed by atoms with Gasteiger partial charge in [0.15, 0.2) is 0 Å². The summed E-state index contributed by atoms with van der Waals surface area (Å²) in [6, 6.07) is 0.0270. The number of nitrogens with zero attached hydrogens (tertiary/aromatic N) is 1. The highest BCUT2D eigenvalue weighted by atomic mass is 16.2. The van der Waals surface area contributed by atoms with Gasteiger partial charge in [-0.25, -0.2) is 0 Å². The van der Waals surface area contributed by atoms with Crippen LogP contribution < -0.4 is 11.1 Å². The molecule has 108 valence electrons. The Hall–Kier alpha value is -1.10. The predicted molar refractivity (Wildman–Crippen MR) is 73.4 cm³/mol. The van der Waals surface area contributed by atoms with Gasteiger partial charge in [-0.3, -0.25) is 9.59 Å². The molecule has 1 unspecified atom stereocenters. The summed E-state index contributed by atoms with van der Waals surface area (Å²) in [5.74, 6) is -0.0612. The average molecular weight is 267 g/mol. The molecule has 19 heavy (non-hydrogen) atoms. The number of nitrogens with one attached hydrogen (secondary N) is 1. The fraction of sp³-hybridized carbons (Fsp3) is 0.857. The summed E-state index contributed by atoms with van der Waals surface area (Å²) in [4.78, 5) is 26.4. The van der Waals surface area contributed by atoms with E-state index in [1.54, 1.807) is 4.90 Å². The first-order valence-electron chi connectivity index (χ1n) is 7.42. The summed E-state index contributed by atoms with van der Waals surface area (Å²) in [6.07, 6.45) is 4.99. The number of amides is 2. The summed E-state index contributed by atoms with van der Waals surface area (Å²) >= 11 is 0. The Morgan fingerprint density at radius 1 is 1.26 bits per heavy atom. The van der Waals surface area contributed by atoms with Crippen molar-refractivity contribution < 1.29 is 9.59 Å². The Kier molecular flexibility index (Phi) is 4.13. The molecule has 3 N–H and O–H groups in total. The minimum absolute atomic E-state index is 0.00269. The third kappa shape index (κ3) is 2.91. The number of rotatable bonds is 5. The minimum Gasteiger partial charge on any atom is -0.352 e. The molecule has 0 bridgehead atoms. The molecule has 1 saturated heterocycles. The molecule has 1 aliphatic carbocycles. The maximum atomic E-state index is 12.6. The van der Waals surface area contributed by atoms with Crippen LogP contribution >= 0.6 is 0 Å². The second-order valence-electron chi connectivity index (χ2n) is 5.80. The minimum atomic E-state index is -0.817. The number of carbonyl (C=O) groups excluding carboxylic acids is 2. The van der Waals surface area contributed by atoms with E-state index in [1.165, 1.54) is 0 Å². The normalized spacial score (nSPS) is 23.5. The number of hydrogen-bond acceptors (Lipinski definition) is 3. The fourth-order valence-corrected chi connectivity index (χ4v) is 2.65. The Bertz CT molecular complexity index is 362. The second-order valence-corrected chi connectivity index (χ2v) is 5.80. The molecular weight excluding hydrogens is 242 g/mol. The van der Waals surface area contributed by atoms with Crippen molar-refractivity contribution in [3.63, 3.8) is 0 Å². The van der Waals surface area contributed by atoms with E-state index in [-0.39, 0.29) is 17.9 Å². The molecule has 5 heteroatoms. The first-order valence-corrected chi connectivity index (χ1v) is 7.42. The molecule has 0 spiro atoms. The zero-order valence-corrected chi connectivity index (χ0v) is 11.9. The third-order valence-corrected chi connectivity index (χ3v) is 4.43. The van der Waals surface area contributed by atoms with Crippen LogP contribution in [0.3, 0.4) is 0 Å². The first kappa shape index (κ1) is 14.3. The summed E-state index contributed by atoms with van der Waals surface area (Å²) in [7, 11) is 0. The van der Waals surface area contributed by atoms with E-state index in [1.807, 2.05) is 13.8 Å². The summed E-state index contributed by atoms with van der Waals surface area (Å²) < 4.78 is 0. The van der Waals surface area contributed by atoms with Crippen LogP contribution in [0.5, 0.6) is 0 Å². The average Bonchev–Trinajstić information content (AvgIpc) is 3.09. The summed E-state index contributed by atoms with van der Waals surface area (Å²) in [6.45, 7) is 4.51. The van der Waals surface area contributed by atoms with Gasteiger partial charge in [-0.1, -0.05) is 13.8 Å². The van der Waals surface area contributed by atoms with Crippen LogP contribution in [0.1, 0.15) is 52.4 Å². The predicted octanol–water partition coefficient (Wildman–Crippen LogP) is 0.773. The van der Waals surface area contributed by atoms with E-state index >= 15 is 0 Å². The van der Waals surface area contributed by atoms with Gasteiger partial charge in [-0.05, 0) is 38.5 Å². The van der Waals surface area contributed by atoms with Crippen molar-refractivity contribution in [1.29, 1.82) is 0 Å². The van der Waals surface area contributed by atoms with Gasteiger partial charge in [-0.2, -0.15) is 0 Å². The lowest BCUT2D eigenvalue weighted by Crippen LogP contribution is -2.58. The van der Waals surface area contributed by atoms with E-state index in [2.05, 4.69) is 5.32 Å². The van der Waals surface area contributed by atoms with Gasteiger partial charge in [-0.15, -0.1) is 0 Å². The van der Waals surface area contributed by atoms with Crippen LogP contribution in [0.4, 0.5) is 0 Å². The lowest BCUT2D eigenvalue weighted by atomic mass is 9.92. The molecule has 0 radical (unpaired) electrons. The number of carbonyl (C=O) groups is 2. The van der Waals surface area contributed by atoms with Gasteiger partial charge in [0.1, 0.15) is 6.04 Å². The monoisotopic (exact) mass is 267 g/mol. The van der Waals surface area contributed by atoms with Crippen LogP contribution in [-0.2, 0) is 9.59 Å². The highest BCUT2D eigenvalue weighted by molar-refractivity contribution is 5.92. The van der Waals surface area contributed by atoms with E-state index in [0.29, 0.717) is 25.4 Å². The molecule has 2 fully saturated rings. The molecule has 1 saturated carbocycles. The molecule has 2 amide bonds. The maximum absolute atomic E-state index is 12.6. The molecule has 0 aromatic rings. The van der Waals surface area contributed by atoms with E-state index in [0.717, 1.165) is 25.7 Å². The van der Waals surface area contributed by atoms with Crippen molar-refractivity contribution in [1.82, 2.24) is 10.2 Å². The Morgan fingerprint density at radius 2 is 1.89 bits per heavy atom. The second kappa shape index (κ2) is 5.49. The molecule has 1 atom stereocenters. The van der Waals surface area contributed by atoms with Gasteiger partial charge >= 0.3 is 0 Å². The van der Waals surface area contributed by atoms with Crippen LogP contribution in [0.15, 0.2) is 0 Å². The zero-order chi connectivity index (χ0) is 14.0. The van der Waals surface area contributed by atoms with Gasteiger partial charge in [0.25, 0.3) is 0 Å². The number of hydrogen-bond donors (Lipinski definition) is 2. The van der Waals surface area contributed by atoms with Crippen molar-refractivity contribution >= 4 is 11.8 Å². The summed E-state index contributed by atoms with van der Waals surface area (Å²) in [5.41, 5.74) is 5.36. The fourth-order valence-electron chi connectivity index (χ4n) is 2.65. The lowest BCUT2D eigenvalue weighted by Gasteiger charge is -2.33. The van der Waals surface area contributed by atoms with Gasteiger partial charge in [0.05, 0.1) is 5.54 Å². The first-order chi connectivity index (χ1) is 9.01. The van der Waals surface area contributed by atoms with E-state index in [9.17, 15) is 9.59 Å². The van der Waals surface area contributed by atoms with Crippen LogP contribution in [-0.4, -0.2) is 40.9 Å². The van der Waals surface area contributed by atoms with Crippen LogP contribution in [0.2, 0.25) is 0 Å². The zero-order valence-electron chi connectivity index (χ0n) is 11.9. The molecular formula is C14H25N3O2. The molecule has 0 aromatic heterocycles. The van der Waals surface area contributed by atoms with Crippen molar-refractivity contribution in [2.45, 2.75) is 70.0 Å². The topological polar surface area (TPSA) is 75.4 Å². The Balaban J connectivity index is 2.04. The molecule has 1 aliphatic heterocycles. The molecule has 5 nitrogen and oxygen atoms in total. The largest absolute Gasteiger partial charge is 0.352 e. The van der Waals surface area contributed by atoms with Crippen molar-refractivity contribution in [3.8, 4) is 0 Å². The van der Waals surface area contributed by atoms with Crippen molar-refractivity contribution in [2.24, 2.45) is 5.73 Å². The van der Waals surface area contributed by atoms with Crippen molar-refractivity contribution in [2.75, 3.05) is 6.54 Å². The maximum Gasteiger partial charge on any atom is 0.243 e. The van der Waals surface area contributed by atoms with Crippen LogP contribution in [0.25, 0.3) is 0 Å². The van der Waals surface area contributed by atoms with E-state index < -0.39 is 5.54 Å². The SMILES string of the molecule is CCC(N)(CC)C(=O)N1CCCC1C(=O)NC1CC1. The van der Waals surface area contributed by atoms with Crippen LogP contribution in [0, 0.1) is 0 Å². The highest BCUT2D eigenvalue weighted by Gasteiger charge is 2.42.